The topological polar surface area (TPSA) is 93.4 Å². The second-order valence-corrected chi connectivity index (χ2v) is 3.00. The molecule has 0 aromatic heterocycles. The first-order valence-electron chi connectivity index (χ1n) is 4.27. The van der Waals surface area contributed by atoms with Crippen LogP contribution in [0.2, 0.25) is 0 Å². The van der Waals surface area contributed by atoms with Gasteiger partial charge in [-0.05, 0) is 19.1 Å². The van der Waals surface area contributed by atoms with Gasteiger partial charge in [0.25, 0.3) is 5.91 Å². The molecule has 1 unspecified atom stereocenters. The van der Waals surface area contributed by atoms with Crippen LogP contribution in [0, 0.1) is 11.3 Å². The van der Waals surface area contributed by atoms with Crippen LogP contribution in [-0.4, -0.2) is 22.2 Å². The van der Waals surface area contributed by atoms with E-state index in [2.05, 4.69) is 5.32 Å². The van der Waals surface area contributed by atoms with Crippen LogP contribution in [-0.2, 0) is 0 Å². The summed E-state index contributed by atoms with van der Waals surface area (Å²) in [5, 5.41) is 29.3. The van der Waals surface area contributed by atoms with Gasteiger partial charge in [0.05, 0.1) is 11.6 Å². The summed E-state index contributed by atoms with van der Waals surface area (Å²) in [7, 11) is 0. The molecule has 0 bridgehead atoms. The van der Waals surface area contributed by atoms with Crippen molar-refractivity contribution in [1.29, 1.82) is 5.26 Å². The van der Waals surface area contributed by atoms with Gasteiger partial charge in [0.1, 0.15) is 6.04 Å². The standard InChI is InChI=1S/C10H10N2O3/c1-6(5-11)12-10(15)7-3-2-4-8(13)9(7)14/h2-4,6,13-14H,1H3,(H,12,15). The molecule has 5 nitrogen and oxygen atoms in total. The molecular formula is C10H10N2O3. The fourth-order valence-electron chi connectivity index (χ4n) is 1.02. The van der Waals surface area contributed by atoms with E-state index in [1.807, 2.05) is 6.07 Å². The molecule has 1 aromatic carbocycles. The van der Waals surface area contributed by atoms with Gasteiger partial charge in [-0.25, -0.2) is 0 Å². The quantitative estimate of drug-likeness (QED) is 0.622. The third-order valence-corrected chi connectivity index (χ3v) is 1.80. The molecule has 0 aliphatic rings. The van der Waals surface area contributed by atoms with Crippen molar-refractivity contribution >= 4 is 5.91 Å². The van der Waals surface area contributed by atoms with Gasteiger partial charge in [-0.2, -0.15) is 5.26 Å². The SMILES string of the molecule is CC(C#N)NC(=O)c1cccc(O)c1O. The highest BCUT2D eigenvalue weighted by Crippen LogP contribution is 2.27. The van der Waals surface area contributed by atoms with Crippen molar-refractivity contribution in [3.8, 4) is 17.6 Å². The molecule has 0 radical (unpaired) electrons. The predicted octanol–water partition coefficient (Wildman–Crippen LogP) is 0.740. The molecule has 1 aromatic rings. The summed E-state index contributed by atoms with van der Waals surface area (Å²) in [4.78, 5) is 11.5. The molecule has 3 N–H and O–H groups in total. The maximum atomic E-state index is 11.5. The molecule has 78 valence electrons. The van der Waals surface area contributed by atoms with E-state index in [1.165, 1.54) is 25.1 Å². The number of phenols is 2. The summed E-state index contributed by atoms with van der Waals surface area (Å²) in [6, 6.07) is 5.22. The number of hydrogen-bond donors (Lipinski definition) is 3. The molecule has 0 saturated carbocycles. The monoisotopic (exact) mass is 206 g/mol. The van der Waals surface area contributed by atoms with Crippen LogP contribution >= 0.6 is 0 Å². The van der Waals surface area contributed by atoms with Gasteiger partial charge in [0, 0.05) is 0 Å². The van der Waals surface area contributed by atoms with E-state index in [1.54, 1.807) is 0 Å². The Morgan fingerprint density at radius 2 is 2.20 bits per heavy atom. The number of para-hydroxylation sites is 1. The van der Waals surface area contributed by atoms with Gasteiger partial charge in [-0.15, -0.1) is 0 Å². The van der Waals surface area contributed by atoms with Gasteiger partial charge in [0.15, 0.2) is 11.5 Å². The van der Waals surface area contributed by atoms with Gasteiger partial charge >= 0.3 is 0 Å². The van der Waals surface area contributed by atoms with E-state index in [0.717, 1.165) is 0 Å². The van der Waals surface area contributed by atoms with Crippen molar-refractivity contribution in [2.24, 2.45) is 0 Å². The Morgan fingerprint density at radius 3 is 2.80 bits per heavy atom. The second-order valence-electron chi connectivity index (χ2n) is 3.00. The van der Waals surface area contributed by atoms with Crippen LogP contribution in [0.5, 0.6) is 11.5 Å². The normalized spacial score (nSPS) is 11.5. The lowest BCUT2D eigenvalue weighted by Gasteiger charge is -2.08. The third kappa shape index (κ3) is 2.38. The molecule has 5 heteroatoms. The molecule has 0 saturated heterocycles. The summed E-state index contributed by atoms with van der Waals surface area (Å²) in [6.07, 6.45) is 0. The van der Waals surface area contributed by atoms with Crippen molar-refractivity contribution < 1.29 is 15.0 Å². The number of carbonyl (C=O) groups is 1. The first-order chi connectivity index (χ1) is 7.06. The van der Waals surface area contributed by atoms with Crippen LogP contribution in [0.1, 0.15) is 17.3 Å². The highest BCUT2D eigenvalue weighted by Gasteiger charge is 2.15. The zero-order valence-electron chi connectivity index (χ0n) is 8.06. The smallest absolute Gasteiger partial charge is 0.256 e. The van der Waals surface area contributed by atoms with Gasteiger partial charge < -0.3 is 15.5 Å². The Bertz CT molecular complexity index is 423. The summed E-state index contributed by atoms with van der Waals surface area (Å²) in [5.74, 6) is -1.45. The first-order valence-corrected chi connectivity index (χ1v) is 4.27. The van der Waals surface area contributed by atoms with E-state index in [4.69, 9.17) is 10.4 Å². The van der Waals surface area contributed by atoms with Crippen LogP contribution in [0.15, 0.2) is 18.2 Å². The Labute approximate surface area is 86.6 Å². The van der Waals surface area contributed by atoms with Crippen LogP contribution in [0.4, 0.5) is 0 Å². The number of nitrogens with zero attached hydrogens (tertiary/aromatic N) is 1. The minimum Gasteiger partial charge on any atom is -0.504 e. The lowest BCUT2D eigenvalue weighted by Crippen LogP contribution is -2.31. The number of amides is 1. The molecule has 15 heavy (non-hydrogen) atoms. The molecular weight excluding hydrogens is 196 g/mol. The number of hydrogen-bond acceptors (Lipinski definition) is 4. The number of carbonyl (C=O) groups excluding carboxylic acids is 1. The molecule has 1 rings (SSSR count). The number of nitriles is 1. The lowest BCUT2D eigenvalue weighted by atomic mass is 10.1. The van der Waals surface area contributed by atoms with E-state index in [0.29, 0.717) is 0 Å². The molecule has 0 aliphatic carbocycles. The van der Waals surface area contributed by atoms with Crippen molar-refractivity contribution in [3.05, 3.63) is 23.8 Å². The maximum absolute atomic E-state index is 11.5. The molecule has 0 heterocycles. The van der Waals surface area contributed by atoms with Gasteiger partial charge in [-0.1, -0.05) is 6.07 Å². The van der Waals surface area contributed by atoms with Crippen LogP contribution in [0.25, 0.3) is 0 Å². The van der Waals surface area contributed by atoms with Crippen LogP contribution < -0.4 is 5.32 Å². The van der Waals surface area contributed by atoms with E-state index in [-0.39, 0.29) is 11.3 Å². The fraction of sp³-hybridized carbons (Fsp3) is 0.200. The number of phenolic OH excluding ortho intramolecular Hbond substituents is 2. The summed E-state index contributed by atoms with van der Waals surface area (Å²) < 4.78 is 0. The van der Waals surface area contributed by atoms with E-state index >= 15 is 0 Å². The Hall–Kier alpha value is -2.22. The number of benzene rings is 1. The highest BCUT2D eigenvalue weighted by atomic mass is 16.3. The van der Waals surface area contributed by atoms with Crippen molar-refractivity contribution in [1.82, 2.24) is 5.32 Å². The predicted molar refractivity (Wildman–Crippen MR) is 52.3 cm³/mol. The Kier molecular flexibility index (Phi) is 3.13. The zero-order valence-corrected chi connectivity index (χ0v) is 8.06. The Morgan fingerprint density at radius 1 is 1.53 bits per heavy atom. The summed E-state index contributed by atoms with van der Waals surface area (Å²) in [6.45, 7) is 1.51. The highest BCUT2D eigenvalue weighted by molar-refractivity contribution is 5.97. The molecule has 1 amide bonds. The minimum atomic E-state index is -0.653. The van der Waals surface area contributed by atoms with Crippen LogP contribution in [0.3, 0.4) is 0 Å². The fourth-order valence-corrected chi connectivity index (χ4v) is 1.02. The number of rotatable bonds is 2. The maximum Gasteiger partial charge on any atom is 0.256 e. The largest absolute Gasteiger partial charge is 0.504 e. The number of nitrogens with one attached hydrogen (secondary N) is 1. The molecule has 0 fully saturated rings. The third-order valence-electron chi connectivity index (χ3n) is 1.80. The summed E-state index contributed by atoms with van der Waals surface area (Å²) >= 11 is 0. The zero-order chi connectivity index (χ0) is 11.4. The Balaban J connectivity index is 2.93. The van der Waals surface area contributed by atoms with E-state index < -0.39 is 17.7 Å². The average Bonchev–Trinajstić information content (AvgIpc) is 2.21. The lowest BCUT2D eigenvalue weighted by molar-refractivity contribution is 0.0944. The summed E-state index contributed by atoms with van der Waals surface area (Å²) in [5.41, 5.74) is -0.0582. The van der Waals surface area contributed by atoms with Crippen molar-refractivity contribution in [2.45, 2.75) is 13.0 Å². The van der Waals surface area contributed by atoms with Gasteiger partial charge in [-0.3, -0.25) is 4.79 Å². The minimum absolute atomic E-state index is 0.0582. The molecule has 0 spiro atoms. The molecule has 0 aliphatic heterocycles. The number of aromatic hydroxyl groups is 2. The van der Waals surface area contributed by atoms with Crippen molar-refractivity contribution in [3.63, 3.8) is 0 Å². The van der Waals surface area contributed by atoms with Crippen molar-refractivity contribution in [2.75, 3.05) is 0 Å². The first kappa shape index (κ1) is 10.9. The van der Waals surface area contributed by atoms with E-state index in [9.17, 15) is 9.90 Å². The molecule has 1 atom stereocenters. The second kappa shape index (κ2) is 4.33. The average molecular weight is 206 g/mol. The van der Waals surface area contributed by atoms with Gasteiger partial charge in [0.2, 0.25) is 0 Å².